The largest absolute Gasteiger partial charge is 0.357 e. The van der Waals surface area contributed by atoms with Crippen LogP contribution in [0.15, 0.2) is 4.99 Å². The Morgan fingerprint density at radius 1 is 1.09 bits per heavy atom. The maximum atomic E-state index is 4.80. The number of nitrogens with zero attached hydrogens (tertiary/aromatic N) is 2. The van der Waals surface area contributed by atoms with Gasteiger partial charge in [-0.1, -0.05) is 32.6 Å². The molecule has 1 aliphatic carbocycles. The lowest BCUT2D eigenvalue weighted by molar-refractivity contribution is 0.343. The molecule has 0 amide bonds. The Labute approximate surface area is 137 Å². The zero-order valence-corrected chi connectivity index (χ0v) is 14.7. The van der Waals surface area contributed by atoms with Crippen molar-refractivity contribution in [3.63, 3.8) is 0 Å². The SMILES string of the molecule is CCNC(=NCC1CCN(CC)C1)NCCCC1CCCC1. The lowest BCUT2D eigenvalue weighted by Gasteiger charge is -2.14. The smallest absolute Gasteiger partial charge is 0.191 e. The third kappa shape index (κ3) is 6.15. The van der Waals surface area contributed by atoms with Crippen molar-refractivity contribution in [1.82, 2.24) is 15.5 Å². The third-order valence-electron chi connectivity index (χ3n) is 5.23. The van der Waals surface area contributed by atoms with Crippen LogP contribution in [-0.4, -0.2) is 50.1 Å². The molecule has 1 atom stereocenters. The van der Waals surface area contributed by atoms with Crippen LogP contribution < -0.4 is 10.6 Å². The Hall–Kier alpha value is -0.770. The molecule has 4 nitrogen and oxygen atoms in total. The van der Waals surface area contributed by atoms with Crippen molar-refractivity contribution in [3.8, 4) is 0 Å². The molecule has 2 fully saturated rings. The maximum absolute atomic E-state index is 4.80. The molecule has 128 valence electrons. The van der Waals surface area contributed by atoms with E-state index in [9.17, 15) is 0 Å². The number of hydrogen-bond donors (Lipinski definition) is 2. The Kier molecular flexibility index (Phi) is 8.06. The van der Waals surface area contributed by atoms with Crippen LogP contribution in [0.5, 0.6) is 0 Å². The average molecular weight is 309 g/mol. The number of guanidine groups is 1. The molecule has 1 unspecified atom stereocenters. The van der Waals surface area contributed by atoms with Crippen molar-refractivity contribution < 1.29 is 0 Å². The monoisotopic (exact) mass is 308 g/mol. The minimum atomic E-state index is 0.744. The lowest BCUT2D eigenvalue weighted by atomic mass is 10.0. The molecule has 0 spiro atoms. The van der Waals surface area contributed by atoms with E-state index in [4.69, 9.17) is 4.99 Å². The molecular weight excluding hydrogens is 272 g/mol. The van der Waals surface area contributed by atoms with Gasteiger partial charge in [0, 0.05) is 26.2 Å². The highest BCUT2D eigenvalue weighted by molar-refractivity contribution is 5.79. The third-order valence-corrected chi connectivity index (χ3v) is 5.23. The standard InChI is InChI=1S/C18H36N4/c1-3-19-18(20-12-7-10-16-8-5-6-9-16)21-14-17-11-13-22(4-2)15-17/h16-17H,3-15H2,1-2H3,(H2,19,20,21). The van der Waals surface area contributed by atoms with E-state index in [1.54, 1.807) is 0 Å². The highest BCUT2D eigenvalue weighted by Gasteiger charge is 2.20. The molecule has 1 heterocycles. The normalized spacial score (nSPS) is 24.1. The molecule has 1 aliphatic heterocycles. The Morgan fingerprint density at radius 3 is 2.59 bits per heavy atom. The van der Waals surface area contributed by atoms with Crippen LogP contribution in [0.3, 0.4) is 0 Å². The number of likely N-dealkylation sites (tertiary alicyclic amines) is 1. The van der Waals surface area contributed by atoms with Gasteiger partial charge in [0.15, 0.2) is 5.96 Å². The van der Waals surface area contributed by atoms with E-state index in [0.717, 1.165) is 37.4 Å². The summed E-state index contributed by atoms with van der Waals surface area (Å²) in [6.07, 6.45) is 9.81. The number of rotatable bonds is 8. The highest BCUT2D eigenvalue weighted by atomic mass is 15.2. The quantitative estimate of drug-likeness (QED) is 0.411. The summed E-state index contributed by atoms with van der Waals surface area (Å²) in [4.78, 5) is 7.33. The number of aliphatic imine (C=N–C) groups is 1. The van der Waals surface area contributed by atoms with Gasteiger partial charge in [-0.25, -0.2) is 0 Å². The molecule has 0 bridgehead atoms. The van der Waals surface area contributed by atoms with Gasteiger partial charge >= 0.3 is 0 Å². The molecule has 0 radical (unpaired) electrons. The molecule has 1 saturated heterocycles. The predicted octanol–water partition coefficient (Wildman–Crippen LogP) is 2.85. The average Bonchev–Trinajstić information content (AvgIpc) is 3.20. The van der Waals surface area contributed by atoms with Gasteiger partial charge in [-0.15, -0.1) is 0 Å². The van der Waals surface area contributed by atoms with Gasteiger partial charge in [0.25, 0.3) is 0 Å². The molecule has 1 saturated carbocycles. The molecule has 0 aromatic rings. The highest BCUT2D eigenvalue weighted by Crippen LogP contribution is 2.28. The van der Waals surface area contributed by atoms with Crippen molar-refractivity contribution in [1.29, 1.82) is 0 Å². The Balaban J connectivity index is 1.63. The van der Waals surface area contributed by atoms with Crippen LogP contribution in [0.2, 0.25) is 0 Å². The second-order valence-electron chi connectivity index (χ2n) is 6.99. The molecule has 4 heteroatoms. The van der Waals surface area contributed by atoms with Crippen LogP contribution in [-0.2, 0) is 0 Å². The van der Waals surface area contributed by atoms with E-state index in [2.05, 4.69) is 29.4 Å². The second-order valence-corrected chi connectivity index (χ2v) is 6.99. The molecule has 2 rings (SSSR count). The fourth-order valence-corrected chi connectivity index (χ4v) is 3.81. The zero-order valence-electron chi connectivity index (χ0n) is 14.7. The van der Waals surface area contributed by atoms with Crippen molar-refractivity contribution in [2.24, 2.45) is 16.8 Å². The number of nitrogens with one attached hydrogen (secondary N) is 2. The maximum Gasteiger partial charge on any atom is 0.191 e. The van der Waals surface area contributed by atoms with Crippen LogP contribution >= 0.6 is 0 Å². The first-order valence-corrected chi connectivity index (χ1v) is 9.56. The topological polar surface area (TPSA) is 39.7 Å². The van der Waals surface area contributed by atoms with Gasteiger partial charge in [-0.05, 0) is 51.1 Å². The van der Waals surface area contributed by atoms with Crippen LogP contribution in [0.4, 0.5) is 0 Å². The van der Waals surface area contributed by atoms with E-state index >= 15 is 0 Å². The first kappa shape index (κ1) is 17.6. The van der Waals surface area contributed by atoms with E-state index < -0.39 is 0 Å². The minimum Gasteiger partial charge on any atom is -0.357 e. The molecular formula is C18H36N4. The van der Waals surface area contributed by atoms with Gasteiger partial charge in [-0.2, -0.15) is 0 Å². The van der Waals surface area contributed by atoms with Crippen LogP contribution in [0.1, 0.15) is 58.8 Å². The van der Waals surface area contributed by atoms with Crippen molar-refractivity contribution in [2.75, 3.05) is 39.3 Å². The van der Waals surface area contributed by atoms with Gasteiger partial charge in [-0.3, -0.25) is 4.99 Å². The molecule has 2 N–H and O–H groups in total. The summed E-state index contributed by atoms with van der Waals surface area (Å²) in [5.74, 6) is 2.76. The summed E-state index contributed by atoms with van der Waals surface area (Å²) in [6, 6.07) is 0. The second kappa shape index (κ2) is 10.1. The lowest BCUT2D eigenvalue weighted by Crippen LogP contribution is -2.38. The van der Waals surface area contributed by atoms with Crippen LogP contribution in [0, 0.1) is 11.8 Å². The fourth-order valence-electron chi connectivity index (χ4n) is 3.81. The number of hydrogen-bond acceptors (Lipinski definition) is 2. The van der Waals surface area contributed by atoms with Crippen LogP contribution in [0.25, 0.3) is 0 Å². The van der Waals surface area contributed by atoms with Gasteiger partial charge < -0.3 is 15.5 Å². The molecule has 0 aromatic heterocycles. The fraction of sp³-hybridized carbons (Fsp3) is 0.944. The van der Waals surface area contributed by atoms with Gasteiger partial charge in [0.05, 0.1) is 0 Å². The molecule has 2 aliphatic rings. The first-order chi connectivity index (χ1) is 10.8. The van der Waals surface area contributed by atoms with E-state index in [1.165, 1.54) is 64.6 Å². The summed E-state index contributed by atoms with van der Waals surface area (Å²) in [7, 11) is 0. The first-order valence-electron chi connectivity index (χ1n) is 9.56. The van der Waals surface area contributed by atoms with Crippen molar-refractivity contribution in [3.05, 3.63) is 0 Å². The van der Waals surface area contributed by atoms with Crippen molar-refractivity contribution >= 4 is 5.96 Å². The van der Waals surface area contributed by atoms with Crippen molar-refractivity contribution in [2.45, 2.75) is 58.8 Å². The van der Waals surface area contributed by atoms with E-state index in [1.807, 2.05) is 0 Å². The summed E-state index contributed by atoms with van der Waals surface area (Å²) in [5.41, 5.74) is 0. The zero-order chi connectivity index (χ0) is 15.6. The van der Waals surface area contributed by atoms with E-state index in [0.29, 0.717) is 0 Å². The Morgan fingerprint density at radius 2 is 1.91 bits per heavy atom. The van der Waals surface area contributed by atoms with Gasteiger partial charge in [0.2, 0.25) is 0 Å². The van der Waals surface area contributed by atoms with E-state index in [-0.39, 0.29) is 0 Å². The Bertz CT molecular complexity index is 323. The summed E-state index contributed by atoms with van der Waals surface area (Å²) >= 11 is 0. The summed E-state index contributed by atoms with van der Waals surface area (Å²) in [5, 5.41) is 6.90. The minimum absolute atomic E-state index is 0.744. The molecule has 22 heavy (non-hydrogen) atoms. The predicted molar refractivity (Wildman–Crippen MR) is 95.4 cm³/mol. The van der Waals surface area contributed by atoms with Gasteiger partial charge in [0.1, 0.15) is 0 Å². The molecule has 0 aromatic carbocycles. The summed E-state index contributed by atoms with van der Waals surface area (Å²) in [6.45, 7) is 11.0. The summed E-state index contributed by atoms with van der Waals surface area (Å²) < 4.78 is 0.